The maximum Gasteiger partial charge on any atom is 0.239 e. The molecule has 2 rings (SSSR count). The number of carbonyl (C=O) groups excluding carboxylic acids is 2. The number of nitrogens with one attached hydrogen (secondary N) is 2. The first-order chi connectivity index (χ1) is 10.7. The molecule has 6 nitrogen and oxygen atoms in total. The summed E-state index contributed by atoms with van der Waals surface area (Å²) in [6.07, 6.45) is 6.92. The molecule has 1 aromatic rings. The van der Waals surface area contributed by atoms with Gasteiger partial charge in [0.2, 0.25) is 17.7 Å². The number of carbonyl (C=O) groups is 2. The summed E-state index contributed by atoms with van der Waals surface area (Å²) < 4.78 is 5.03. The number of methoxy groups -OCH3 is 1. The average Bonchev–Trinajstić information content (AvgIpc) is 2.58. The molecule has 120 valence electrons. The van der Waals surface area contributed by atoms with Crippen LogP contribution in [0.2, 0.25) is 0 Å². The predicted octanol–water partition coefficient (Wildman–Crippen LogP) is 1.40. The van der Waals surface area contributed by atoms with Crippen LogP contribution in [-0.4, -0.2) is 30.5 Å². The highest BCUT2D eigenvalue weighted by Crippen LogP contribution is 2.23. The van der Waals surface area contributed by atoms with Crippen LogP contribution in [0.3, 0.4) is 0 Å². The van der Waals surface area contributed by atoms with E-state index in [0.717, 1.165) is 31.2 Å². The van der Waals surface area contributed by atoms with E-state index in [4.69, 9.17) is 4.74 Å². The highest BCUT2D eigenvalue weighted by molar-refractivity contribution is 5.85. The Morgan fingerprint density at radius 2 is 2.05 bits per heavy atom. The largest absolute Gasteiger partial charge is 0.481 e. The summed E-state index contributed by atoms with van der Waals surface area (Å²) in [5, 5.41) is 5.49. The topological polar surface area (TPSA) is 80.3 Å². The van der Waals surface area contributed by atoms with Crippen molar-refractivity contribution in [2.24, 2.45) is 5.92 Å². The van der Waals surface area contributed by atoms with E-state index in [1.165, 1.54) is 6.42 Å². The predicted molar refractivity (Wildman–Crippen MR) is 82.2 cm³/mol. The van der Waals surface area contributed by atoms with Gasteiger partial charge in [-0.05, 0) is 24.5 Å². The van der Waals surface area contributed by atoms with Crippen LogP contribution in [0.25, 0.3) is 0 Å². The first-order valence-corrected chi connectivity index (χ1v) is 7.72. The molecular weight excluding hydrogens is 282 g/mol. The third kappa shape index (κ3) is 5.02. The van der Waals surface area contributed by atoms with Gasteiger partial charge in [0.1, 0.15) is 0 Å². The normalized spacial score (nSPS) is 15.1. The van der Waals surface area contributed by atoms with E-state index in [2.05, 4.69) is 15.6 Å². The lowest BCUT2D eigenvalue weighted by atomic mass is 9.89. The number of amides is 2. The minimum atomic E-state index is -0.195. The van der Waals surface area contributed by atoms with Crippen molar-refractivity contribution in [2.45, 2.75) is 38.6 Å². The van der Waals surface area contributed by atoms with E-state index in [9.17, 15) is 9.59 Å². The van der Waals surface area contributed by atoms with Gasteiger partial charge in [-0.3, -0.25) is 9.59 Å². The van der Waals surface area contributed by atoms with Crippen LogP contribution in [-0.2, 0) is 16.1 Å². The van der Waals surface area contributed by atoms with Gasteiger partial charge in [0.05, 0.1) is 13.7 Å². The lowest BCUT2D eigenvalue weighted by Crippen LogP contribution is -2.39. The van der Waals surface area contributed by atoms with E-state index in [0.29, 0.717) is 12.4 Å². The second kappa shape index (κ2) is 8.36. The maximum absolute atomic E-state index is 11.9. The standard InChI is InChI=1S/C16H23N3O3/c1-22-15-9-12(7-8-17-15)10-18-14(20)11-19-16(21)13-5-3-2-4-6-13/h7-9,13H,2-6,10-11H2,1H3,(H,18,20)(H,19,21). The first kappa shape index (κ1) is 16.3. The number of ether oxygens (including phenoxy) is 1. The Morgan fingerprint density at radius 1 is 1.27 bits per heavy atom. The van der Waals surface area contributed by atoms with Gasteiger partial charge < -0.3 is 15.4 Å². The van der Waals surface area contributed by atoms with Gasteiger partial charge in [-0.15, -0.1) is 0 Å². The lowest BCUT2D eigenvalue weighted by molar-refractivity contribution is -0.129. The molecule has 0 radical (unpaired) electrons. The molecule has 6 heteroatoms. The van der Waals surface area contributed by atoms with Crippen LogP contribution >= 0.6 is 0 Å². The van der Waals surface area contributed by atoms with E-state index < -0.39 is 0 Å². The SMILES string of the molecule is COc1cc(CNC(=O)CNC(=O)C2CCCCC2)ccn1. The summed E-state index contributed by atoms with van der Waals surface area (Å²) in [4.78, 5) is 27.7. The minimum Gasteiger partial charge on any atom is -0.481 e. The number of aromatic nitrogens is 1. The summed E-state index contributed by atoms with van der Waals surface area (Å²) in [6.45, 7) is 0.411. The molecule has 1 saturated carbocycles. The maximum atomic E-state index is 11.9. The summed E-state index contributed by atoms with van der Waals surface area (Å²) in [5.41, 5.74) is 0.902. The molecule has 0 aliphatic heterocycles. The number of hydrogen-bond acceptors (Lipinski definition) is 4. The monoisotopic (exact) mass is 305 g/mol. The highest BCUT2D eigenvalue weighted by Gasteiger charge is 2.21. The zero-order chi connectivity index (χ0) is 15.8. The first-order valence-electron chi connectivity index (χ1n) is 7.72. The zero-order valence-electron chi connectivity index (χ0n) is 12.9. The van der Waals surface area contributed by atoms with Crippen molar-refractivity contribution in [3.8, 4) is 5.88 Å². The Kier molecular flexibility index (Phi) is 6.18. The summed E-state index contributed by atoms with van der Waals surface area (Å²) in [7, 11) is 1.55. The van der Waals surface area contributed by atoms with Crippen molar-refractivity contribution in [3.63, 3.8) is 0 Å². The number of pyridine rings is 1. The van der Waals surface area contributed by atoms with E-state index in [1.54, 1.807) is 19.4 Å². The minimum absolute atomic E-state index is 0.000398. The van der Waals surface area contributed by atoms with Crippen molar-refractivity contribution < 1.29 is 14.3 Å². The van der Waals surface area contributed by atoms with Crippen LogP contribution in [0, 0.1) is 5.92 Å². The van der Waals surface area contributed by atoms with Gasteiger partial charge in [-0.1, -0.05) is 19.3 Å². The molecular formula is C16H23N3O3. The van der Waals surface area contributed by atoms with Gasteiger partial charge in [0.15, 0.2) is 0 Å². The molecule has 1 aliphatic carbocycles. The van der Waals surface area contributed by atoms with Crippen LogP contribution in [0.15, 0.2) is 18.3 Å². The second-order valence-electron chi connectivity index (χ2n) is 5.54. The molecule has 0 spiro atoms. The fourth-order valence-corrected chi connectivity index (χ4v) is 2.61. The van der Waals surface area contributed by atoms with Gasteiger partial charge in [0.25, 0.3) is 0 Å². The Labute approximate surface area is 130 Å². The molecule has 1 aliphatic rings. The fourth-order valence-electron chi connectivity index (χ4n) is 2.61. The second-order valence-corrected chi connectivity index (χ2v) is 5.54. The van der Waals surface area contributed by atoms with Crippen molar-refractivity contribution in [1.29, 1.82) is 0 Å². The molecule has 1 fully saturated rings. The lowest BCUT2D eigenvalue weighted by Gasteiger charge is -2.20. The number of nitrogens with zero attached hydrogens (tertiary/aromatic N) is 1. The van der Waals surface area contributed by atoms with Gasteiger partial charge in [0, 0.05) is 24.7 Å². The van der Waals surface area contributed by atoms with E-state index >= 15 is 0 Å². The molecule has 2 N–H and O–H groups in total. The van der Waals surface area contributed by atoms with E-state index in [1.807, 2.05) is 6.07 Å². The van der Waals surface area contributed by atoms with Gasteiger partial charge in [-0.25, -0.2) is 4.98 Å². The Morgan fingerprint density at radius 3 is 2.77 bits per heavy atom. The molecule has 1 aromatic heterocycles. The zero-order valence-corrected chi connectivity index (χ0v) is 12.9. The third-order valence-electron chi connectivity index (χ3n) is 3.90. The van der Waals surface area contributed by atoms with Crippen LogP contribution < -0.4 is 15.4 Å². The molecule has 0 bridgehead atoms. The molecule has 22 heavy (non-hydrogen) atoms. The van der Waals surface area contributed by atoms with Gasteiger partial charge >= 0.3 is 0 Å². The average molecular weight is 305 g/mol. The van der Waals surface area contributed by atoms with Crippen LogP contribution in [0.5, 0.6) is 5.88 Å². The van der Waals surface area contributed by atoms with Crippen molar-refractivity contribution in [3.05, 3.63) is 23.9 Å². The van der Waals surface area contributed by atoms with Crippen LogP contribution in [0.4, 0.5) is 0 Å². The van der Waals surface area contributed by atoms with Crippen molar-refractivity contribution >= 4 is 11.8 Å². The third-order valence-corrected chi connectivity index (χ3v) is 3.90. The number of rotatable bonds is 6. The fraction of sp³-hybridized carbons (Fsp3) is 0.562. The molecule has 2 amide bonds. The van der Waals surface area contributed by atoms with Crippen LogP contribution in [0.1, 0.15) is 37.7 Å². The van der Waals surface area contributed by atoms with Crippen molar-refractivity contribution in [1.82, 2.24) is 15.6 Å². The van der Waals surface area contributed by atoms with E-state index in [-0.39, 0.29) is 24.3 Å². The van der Waals surface area contributed by atoms with Crippen molar-refractivity contribution in [2.75, 3.05) is 13.7 Å². The summed E-state index contributed by atoms with van der Waals surface area (Å²) in [5.74, 6) is 0.392. The smallest absolute Gasteiger partial charge is 0.239 e. The van der Waals surface area contributed by atoms with Gasteiger partial charge in [-0.2, -0.15) is 0 Å². The number of hydrogen-bond donors (Lipinski definition) is 2. The Balaban J connectivity index is 1.70. The molecule has 0 atom stereocenters. The quantitative estimate of drug-likeness (QED) is 0.832. The summed E-state index contributed by atoms with van der Waals surface area (Å²) in [6, 6.07) is 3.57. The summed E-state index contributed by atoms with van der Waals surface area (Å²) >= 11 is 0. The Bertz CT molecular complexity index is 513. The highest BCUT2D eigenvalue weighted by atomic mass is 16.5. The molecule has 0 saturated heterocycles. The molecule has 0 aromatic carbocycles. The molecule has 1 heterocycles. The Hall–Kier alpha value is -2.11. The molecule has 0 unspecified atom stereocenters.